The fourth-order valence-electron chi connectivity index (χ4n) is 1.36. The van der Waals surface area contributed by atoms with Crippen molar-refractivity contribution in [3.8, 4) is 0 Å². The van der Waals surface area contributed by atoms with Gasteiger partial charge >= 0.3 is 0 Å². The van der Waals surface area contributed by atoms with Crippen molar-refractivity contribution in [1.29, 1.82) is 0 Å². The second-order valence-electron chi connectivity index (χ2n) is 3.45. The van der Waals surface area contributed by atoms with Crippen molar-refractivity contribution in [2.45, 2.75) is 0 Å². The lowest BCUT2D eigenvalue weighted by Gasteiger charge is -2.09. The van der Waals surface area contributed by atoms with Gasteiger partial charge in [0.05, 0.1) is 10.7 Å². The minimum atomic E-state index is -0.146. The molecule has 0 bridgehead atoms. The Bertz CT molecular complexity index is 496. The molecule has 0 fully saturated rings. The summed E-state index contributed by atoms with van der Waals surface area (Å²) in [6.45, 7) is 0.180. The number of hydrogen-bond donors (Lipinski definition) is 2. The molecule has 0 unspecified atom stereocenters. The number of anilines is 1. The van der Waals surface area contributed by atoms with E-state index in [2.05, 4.69) is 10.7 Å². The highest BCUT2D eigenvalue weighted by Gasteiger charge is 2.04. The number of amides is 1. The molecule has 1 amide bonds. The van der Waals surface area contributed by atoms with Crippen LogP contribution in [0.4, 0.5) is 5.69 Å². The highest BCUT2D eigenvalue weighted by atomic mass is 35.5. The second kappa shape index (κ2) is 5.41. The molecule has 2 rings (SSSR count). The van der Waals surface area contributed by atoms with Gasteiger partial charge in [0.2, 0.25) is 5.91 Å². The van der Waals surface area contributed by atoms with Crippen molar-refractivity contribution in [1.82, 2.24) is 4.68 Å². The van der Waals surface area contributed by atoms with E-state index < -0.39 is 0 Å². The van der Waals surface area contributed by atoms with E-state index in [1.54, 1.807) is 16.8 Å². The lowest BCUT2D eigenvalue weighted by molar-refractivity contribution is -0.114. The number of nitrogens with zero attached hydrogens (tertiary/aromatic N) is 1. The van der Waals surface area contributed by atoms with Crippen LogP contribution in [0.25, 0.3) is 0 Å². The molecule has 0 aliphatic rings. The van der Waals surface area contributed by atoms with Crippen LogP contribution in [-0.2, 0) is 4.79 Å². The van der Waals surface area contributed by atoms with Crippen molar-refractivity contribution in [3.05, 3.63) is 53.8 Å². The van der Waals surface area contributed by atoms with Crippen molar-refractivity contribution < 1.29 is 4.79 Å². The van der Waals surface area contributed by atoms with Crippen LogP contribution in [-0.4, -0.2) is 17.1 Å². The van der Waals surface area contributed by atoms with Crippen molar-refractivity contribution in [2.24, 2.45) is 0 Å². The summed E-state index contributed by atoms with van der Waals surface area (Å²) in [5, 5.41) is 3.26. The van der Waals surface area contributed by atoms with E-state index in [1.165, 1.54) is 0 Å². The summed E-state index contributed by atoms with van der Waals surface area (Å²) in [4.78, 5) is 11.6. The molecular formula is C12H12ClN3O. The van der Waals surface area contributed by atoms with E-state index in [9.17, 15) is 4.79 Å². The first-order chi connectivity index (χ1) is 8.25. The lowest BCUT2D eigenvalue weighted by Crippen LogP contribution is -2.26. The SMILES string of the molecule is O=C(CNn1cccc1)Nc1ccccc1Cl. The van der Waals surface area contributed by atoms with Gasteiger partial charge in [0, 0.05) is 12.4 Å². The highest BCUT2D eigenvalue weighted by Crippen LogP contribution is 2.19. The van der Waals surface area contributed by atoms with Crippen LogP contribution in [0.2, 0.25) is 5.02 Å². The molecule has 0 aliphatic carbocycles. The molecule has 1 aromatic heterocycles. The maximum absolute atomic E-state index is 11.6. The van der Waals surface area contributed by atoms with Crippen molar-refractivity contribution in [2.75, 3.05) is 17.3 Å². The summed E-state index contributed by atoms with van der Waals surface area (Å²) < 4.78 is 1.71. The standard InChI is InChI=1S/C12H12ClN3O/c13-10-5-1-2-6-11(10)15-12(17)9-14-16-7-3-4-8-16/h1-8,14H,9H2,(H,15,17). The Balaban J connectivity index is 1.87. The summed E-state index contributed by atoms with van der Waals surface area (Å²) in [6, 6.07) is 10.9. The summed E-state index contributed by atoms with van der Waals surface area (Å²) in [5.41, 5.74) is 3.54. The third kappa shape index (κ3) is 3.26. The average molecular weight is 250 g/mol. The van der Waals surface area contributed by atoms with E-state index in [0.717, 1.165) is 0 Å². The van der Waals surface area contributed by atoms with Gasteiger partial charge in [0.15, 0.2) is 0 Å². The van der Waals surface area contributed by atoms with Gasteiger partial charge in [-0.1, -0.05) is 23.7 Å². The third-order valence-electron chi connectivity index (χ3n) is 2.17. The minimum absolute atomic E-state index is 0.146. The van der Waals surface area contributed by atoms with Crippen LogP contribution in [0, 0.1) is 0 Å². The Morgan fingerprint density at radius 2 is 1.88 bits per heavy atom. The molecule has 0 atom stereocenters. The van der Waals surface area contributed by atoms with Crippen molar-refractivity contribution >= 4 is 23.2 Å². The van der Waals surface area contributed by atoms with Crippen LogP contribution in [0.1, 0.15) is 0 Å². The number of carbonyl (C=O) groups is 1. The zero-order chi connectivity index (χ0) is 12.1. The van der Waals surface area contributed by atoms with Gasteiger partial charge in [-0.2, -0.15) is 0 Å². The van der Waals surface area contributed by atoms with E-state index in [-0.39, 0.29) is 12.5 Å². The van der Waals surface area contributed by atoms with Gasteiger partial charge in [0.25, 0.3) is 0 Å². The second-order valence-corrected chi connectivity index (χ2v) is 3.86. The molecule has 2 N–H and O–H groups in total. The lowest BCUT2D eigenvalue weighted by atomic mass is 10.3. The van der Waals surface area contributed by atoms with Gasteiger partial charge < -0.3 is 10.7 Å². The first kappa shape index (κ1) is 11.5. The van der Waals surface area contributed by atoms with Crippen LogP contribution in [0.3, 0.4) is 0 Å². The minimum Gasteiger partial charge on any atom is -0.323 e. The molecular weight excluding hydrogens is 238 g/mol. The predicted octanol–water partition coefficient (Wildman–Crippen LogP) is 2.32. The fraction of sp³-hybridized carbons (Fsp3) is 0.0833. The Hall–Kier alpha value is -1.94. The number of carbonyl (C=O) groups excluding carboxylic acids is 1. The molecule has 0 radical (unpaired) electrons. The van der Waals surface area contributed by atoms with E-state index in [1.807, 2.05) is 36.7 Å². The van der Waals surface area contributed by atoms with Crippen LogP contribution >= 0.6 is 11.6 Å². The zero-order valence-corrected chi connectivity index (χ0v) is 9.82. The van der Waals surface area contributed by atoms with Gasteiger partial charge in [-0.3, -0.25) is 9.47 Å². The monoisotopic (exact) mass is 249 g/mol. The highest BCUT2D eigenvalue weighted by molar-refractivity contribution is 6.33. The Kier molecular flexibility index (Phi) is 3.67. The largest absolute Gasteiger partial charge is 0.323 e. The van der Waals surface area contributed by atoms with Gasteiger partial charge in [-0.15, -0.1) is 0 Å². The molecule has 0 saturated carbocycles. The Labute approximate surface area is 104 Å². The maximum atomic E-state index is 11.6. The smallest absolute Gasteiger partial charge is 0.245 e. The number of para-hydroxylation sites is 1. The van der Waals surface area contributed by atoms with Gasteiger partial charge in [-0.25, -0.2) is 0 Å². The van der Waals surface area contributed by atoms with Gasteiger partial charge in [-0.05, 0) is 24.3 Å². The zero-order valence-electron chi connectivity index (χ0n) is 9.06. The summed E-state index contributed by atoms with van der Waals surface area (Å²) in [6.07, 6.45) is 3.64. The maximum Gasteiger partial charge on any atom is 0.245 e. The molecule has 0 spiro atoms. The fourth-order valence-corrected chi connectivity index (χ4v) is 1.54. The Morgan fingerprint density at radius 1 is 1.18 bits per heavy atom. The van der Waals surface area contributed by atoms with Crippen LogP contribution in [0.15, 0.2) is 48.8 Å². The van der Waals surface area contributed by atoms with Crippen LogP contribution in [0.5, 0.6) is 0 Å². The predicted molar refractivity (Wildman–Crippen MR) is 68.7 cm³/mol. The van der Waals surface area contributed by atoms with E-state index in [0.29, 0.717) is 10.7 Å². The topological polar surface area (TPSA) is 46.1 Å². The molecule has 4 nitrogen and oxygen atoms in total. The summed E-state index contributed by atoms with van der Waals surface area (Å²) in [5.74, 6) is -0.146. The summed E-state index contributed by atoms with van der Waals surface area (Å²) in [7, 11) is 0. The molecule has 88 valence electrons. The molecule has 17 heavy (non-hydrogen) atoms. The molecule has 2 aromatic rings. The number of benzene rings is 1. The van der Waals surface area contributed by atoms with Crippen LogP contribution < -0.4 is 10.7 Å². The molecule has 0 saturated heterocycles. The van der Waals surface area contributed by atoms with Gasteiger partial charge in [0.1, 0.15) is 6.54 Å². The molecule has 1 aromatic carbocycles. The number of rotatable bonds is 4. The first-order valence-corrected chi connectivity index (χ1v) is 5.55. The third-order valence-corrected chi connectivity index (χ3v) is 2.50. The van der Waals surface area contributed by atoms with Crippen molar-refractivity contribution in [3.63, 3.8) is 0 Å². The average Bonchev–Trinajstić information content (AvgIpc) is 2.82. The number of nitrogens with one attached hydrogen (secondary N) is 2. The molecule has 5 heteroatoms. The normalized spacial score (nSPS) is 9.94. The first-order valence-electron chi connectivity index (χ1n) is 5.17. The number of hydrogen-bond acceptors (Lipinski definition) is 2. The Morgan fingerprint density at radius 3 is 2.59 bits per heavy atom. The quantitative estimate of drug-likeness (QED) is 0.874. The van der Waals surface area contributed by atoms with E-state index >= 15 is 0 Å². The number of aromatic nitrogens is 1. The molecule has 0 aliphatic heterocycles. The molecule has 1 heterocycles. The summed E-state index contributed by atoms with van der Waals surface area (Å²) >= 11 is 5.93. The van der Waals surface area contributed by atoms with E-state index in [4.69, 9.17) is 11.6 Å². The number of halogens is 1.